The number of carboxylic acids is 1. The van der Waals surface area contributed by atoms with Crippen LogP contribution in [0.2, 0.25) is 0 Å². The van der Waals surface area contributed by atoms with Gasteiger partial charge in [0.25, 0.3) is 0 Å². The van der Waals surface area contributed by atoms with E-state index in [1.54, 1.807) is 14.0 Å². The van der Waals surface area contributed by atoms with Gasteiger partial charge in [0.1, 0.15) is 0 Å². The summed E-state index contributed by atoms with van der Waals surface area (Å²) in [6, 6.07) is -0.186. The molecule has 0 spiro atoms. The molecule has 88 valence electrons. The minimum absolute atomic E-state index is 0.0273. The first-order valence-electron chi connectivity index (χ1n) is 5.24. The van der Waals surface area contributed by atoms with Crippen LogP contribution in [-0.2, 0) is 9.59 Å². The standard InChI is InChI=1S/C10H20N2O3/c1-8(10(15)11-2)12-7-5-3-4-6-9(13)14/h8,12H,3-7H2,1-2H3,(H,11,15)(H,13,14). The molecule has 0 radical (unpaired) electrons. The molecule has 0 aromatic carbocycles. The molecule has 0 rings (SSSR count). The molecule has 0 aliphatic heterocycles. The SMILES string of the molecule is CNC(=O)C(C)NCCCCCC(=O)O. The quantitative estimate of drug-likeness (QED) is 0.512. The molecule has 1 atom stereocenters. The van der Waals surface area contributed by atoms with Crippen molar-refractivity contribution in [3.05, 3.63) is 0 Å². The van der Waals surface area contributed by atoms with E-state index in [0.29, 0.717) is 6.42 Å². The van der Waals surface area contributed by atoms with E-state index >= 15 is 0 Å². The number of rotatable bonds is 8. The second kappa shape index (κ2) is 8.23. The maximum Gasteiger partial charge on any atom is 0.303 e. The third-order valence-corrected chi connectivity index (χ3v) is 2.16. The van der Waals surface area contributed by atoms with Crippen LogP contribution in [0.1, 0.15) is 32.6 Å². The molecular formula is C10H20N2O3. The van der Waals surface area contributed by atoms with E-state index in [1.807, 2.05) is 0 Å². The van der Waals surface area contributed by atoms with Gasteiger partial charge in [-0.3, -0.25) is 9.59 Å². The fourth-order valence-corrected chi connectivity index (χ4v) is 1.21. The molecule has 0 saturated heterocycles. The smallest absolute Gasteiger partial charge is 0.303 e. The Balaban J connectivity index is 3.31. The summed E-state index contributed by atoms with van der Waals surface area (Å²) in [5.41, 5.74) is 0. The average Bonchev–Trinajstić information content (AvgIpc) is 2.21. The first-order valence-corrected chi connectivity index (χ1v) is 5.24. The maximum absolute atomic E-state index is 11.1. The molecule has 0 aromatic heterocycles. The van der Waals surface area contributed by atoms with Gasteiger partial charge in [-0.15, -0.1) is 0 Å². The predicted octanol–water partition coefficient (Wildman–Crippen LogP) is 0.355. The van der Waals surface area contributed by atoms with Gasteiger partial charge in [0.2, 0.25) is 5.91 Å². The summed E-state index contributed by atoms with van der Waals surface area (Å²) in [7, 11) is 1.60. The predicted molar refractivity (Wildman–Crippen MR) is 57.6 cm³/mol. The van der Waals surface area contributed by atoms with Crippen molar-refractivity contribution in [3.8, 4) is 0 Å². The lowest BCUT2D eigenvalue weighted by molar-refractivity contribution is -0.137. The molecule has 0 aliphatic carbocycles. The summed E-state index contributed by atoms with van der Waals surface area (Å²) in [6.07, 6.45) is 2.70. The average molecular weight is 216 g/mol. The fourth-order valence-electron chi connectivity index (χ4n) is 1.21. The van der Waals surface area contributed by atoms with Gasteiger partial charge in [0.05, 0.1) is 6.04 Å². The Hall–Kier alpha value is -1.10. The van der Waals surface area contributed by atoms with Gasteiger partial charge < -0.3 is 15.7 Å². The lowest BCUT2D eigenvalue weighted by Gasteiger charge is -2.11. The Bertz CT molecular complexity index is 207. The molecule has 0 aliphatic rings. The zero-order chi connectivity index (χ0) is 11.7. The summed E-state index contributed by atoms with van der Waals surface area (Å²) in [5, 5.41) is 14.0. The van der Waals surface area contributed by atoms with E-state index in [1.165, 1.54) is 0 Å². The van der Waals surface area contributed by atoms with E-state index in [2.05, 4.69) is 10.6 Å². The van der Waals surface area contributed by atoms with Crippen LogP contribution in [0.25, 0.3) is 0 Å². The second-order valence-electron chi connectivity index (χ2n) is 3.49. The number of carbonyl (C=O) groups excluding carboxylic acids is 1. The summed E-state index contributed by atoms with van der Waals surface area (Å²) < 4.78 is 0. The van der Waals surface area contributed by atoms with E-state index in [0.717, 1.165) is 19.4 Å². The van der Waals surface area contributed by atoms with Crippen molar-refractivity contribution in [2.75, 3.05) is 13.6 Å². The van der Waals surface area contributed by atoms with Gasteiger partial charge in [-0.1, -0.05) is 6.42 Å². The summed E-state index contributed by atoms with van der Waals surface area (Å²) in [5.74, 6) is -0.776. The maximum atomic E-state index is 11.1. The van der Waals surface area contributed by atoms with Crippen LogP contribution >= 0.6 is 0 Å². The van der Waals surface area contributed by atoms with Crippen molar-refractivity contribution in [3.63, 3.8) is 0 Å². The van der Waals surface area contributed by atoms with E-state index in [4.69, 9.17) is 5.11 Å². The molecule has 5 nitrogen and oxygen atoms in total. The third-order valence-electron chi connectivity index (χ3n) is 2.16. The van der Waals surface area contributed by atoms with Gasteiger partial charge >= 0.3 is 5.97 Å². The lowest BCUT2D eigenvalue weighted by Crippen LogP contribution is -2.40. The highest BCUT2D eigenvalue weighted by atomic mass is 16.4. The summed E-state index contributed by atoms with van der Waals surface area (Å²) >= 11 is 0. The molecule has 0 heterocycles. The van der Waals surface area contributed by atoms with Gasteiger partial charge in [0.15, 0.2) is 0 Å². The molecule has 0 saturated carbocycles. The minimum Gasteiger partial charge on any atom is -0.481 e. The van der Waals surface area contributed by atoms with Gasteiger partial charge in [-0.25, -0.2) is 0 Å². The normalized spacial score (nSPS) is 12.1. The Morgan fingerprint density at radius 3 is 2.47 bits per heavy atom. The number of unbranched alkanes of at least 4 members (excludes halogenated alkanes) is 2. The number of hydrogen-bond acceptors (Lipinski definition) is 3. The van der Waals surface area contributed by atoms with Crippen LogP contribution in [0.5, 0.6) is 0 Å². The zero-order valence-electron chi connectivity index (χ0n) is 9.38. The van der Waals surface area contributed by atoms with E-state index in [9.17, 15) is 9.59 Å². The van der Waals surface area contributed by atoms with Crippen molar-refractivity contribution in [1.29, 1.82) is 0 Å². The third kappa shape index (κ3) is 7.93. The van der Waals surface area contributed by atoms with E-state index < -0.39 is 5.97 Å². The number of carbonyl (C=O) groups is 2. The highest BCUT2D eigenvalue weighted by Crippen LogP contribution is 1.98. The highest BCUT2D eigenvalue weighted by molar-refractivity contribution is 5.80. The number of aliphatic carboxylic acids is 1. The Kier molecular flexibility index (Phi) is 7.62. The van der Waals surface area contributed by atoms with Crippen LogP contribution in [-0.4, -0.2) is 36.6 Å². The monoisotopic (exact) mass is 216 g/mol. The Labute approximate surface area is 90.2 Å². The molecule has 3 N–H and O–H groups in total. The lowest BCUT2D eigenvalue weighted by atomic mass is 10.2. The van der Waals surface area contributed by atoms with Gasteiger partial charge in [-0.05, 0) is 26.3 Å². The van der Waals surface area contributed by atoms with Crippen molar-refractivity contribution in [1.82, 2.24) is 10.6 Å². The van der Waals surface area contributed by atoms with Crippen LogP contribution in [0.4, 0.5) is 0 Å². The van der Waals surface area contributed by atoms with Crippen molar-refractivity contribution >= 4 is 11.9 Å². The van der Waals surface area contributed by atoms with Gasteiger partial charge in [-0.2, -0.15) is 0 Å². The molecule has 0 aromatic rings. The molecular weight excluding hydrogens is 196 g/mol. The molecule has 15 heavy (non-hydrogen) atoms. The molecule has 1 amide bonds. The number of hydrogen-bond donors (Lipinski definition) is 3. The molecule has 1 unspecified atom stereocenters. The van der Waals surface area contributed by atoms with Crippen LogP contribution < -0.4 is 10.6 Å². The molecule has 0 bridgehead atoms. The zero-order valence-corrected chi connectivity index (χ0v) is 9.38. The number of carboxylic acid groups (broad SMARTS) is 1. The minimum atomic E-state index is -0.748. The number of likely N-dealkylation sites (N-methyl/N-ethyl adjacent to an activating group) is 1. The molecule has 0 fully saturated rings. The van der Waals surface area contributed by atoms with Crippen LogP contribution in [0, 0.1) is 0 Å². The van der Waals surface area contributed by atoms with Crippen LogP contribution in [0.15, 0.2) is 0 Å². The summed E-state index contributed by atoms with van der Waals surface area (Å²) in [4.78, 5) is 21.3. The first kappa shape index (κ1) is 13.9. The second-order valence-corrected chi connectivity index (χ2v) is 3.49. The summed E-state index contributed by atoms with van der Waals surface area (Å²) in [6.45, 7) is 2.55. The Morgan fingerprint density at radius 1 is 1.27 bits per heavy atom. The first-order chi connectivity index (χ1) is 7.07. The molecule has 5 heteroatoms. The number of nitrogens with one attached hydrogen (secondary N) is 2. The highest BCUT2D eigenvalue weighted by Gasteiger charge is 2.08. The van der Waals surface area contributed by atoms with Crippen LogP contribution in [0.3, 0.4) is 0 Å². The van der Waals surface area contributed by atoms with Crippen molar-refractivity contribution in [2.24, 2.45) is 0 Å². The Morgan fingerprint density at radius 2 is 1.93 bits per heavy atom. The van der Waals surface area contributed by atoms with Crippen molar-refractivity contribution in [2.45, 2.75) is 38.6 Å². The fraction of sp³-hybridized carbons (Fsp3) is 0.800. The van der Waals surface area contributed by atoms with E-state index in [-0.39, 0.29) is 18.4 Å². The largest absolute Gasteiger partial charge is 0.481 e. The van der Waals surface area contributed by atoms with Crippen molar-refractivity contribution < 1.29 is 14.7 Å². The number of amides is 1. The topological polar surface area (TPSA) is 78.4 Å². The van der Waals surface area contributed by atoms with Gasteiger partial charge in [0, 0.05) is 13.5 Å².